The Bertz CT molecular complexity index is 1030. The number of nitrogens with one attached hydrogen (secondary N) is 1. The summed E-state index contributed by atoms with van der Waals surface area (Å²) in [7, 11) is -3.96. The van der Waals surface area contributed by atoms with Gasteiger partial charge in [-0.15, -0.1) is 0 Å². The fourth-order valence-corrected chi connectivity index (χ4v) is 4.09. The average Bonchev–Trinajstić information content (AvgIpc) is 3.19. The van der Waals surface area contributed by atoms with Gasteiger partial charge in [0.25, 0.3) is 10.0 Å². The number of anilines is 1. The molecule has 0 aliphatic heterocycles. The van der Waals surface area contributed by atoms with Gasteiger partial charge in [-0.2, -0.15) is 0 Å². The summed E-state index contributed by atoms with van der Waals surface area (Å²) in [6.45, 7) is 1.71. The van der Waals surface area contributed by atoms with Crippen LogP contribution in [0.25, 0.3) is 0 Å². The maximum atomic E-state index is 13.2. The third-order valence-electron chi connectivity index (χ3n) is 4.05. The fraction of sp³-hybridized carbons (Fsp3) is 0.150. The summed E-state index contributed by atoms with van der Waals surface area (Å²) >= 11 is 5.87. The van der Waals surface area contributed by atoms with Crippen LogP contribution in [0.1, 0.15) is 11.3 Å². The number of furan rings is 1. The van der Waals surface area contributed by atoms with Crippen LogP contribution in [-0.2, 0) is 21.4 Å². The van der Waals surface area contributed by atoms with Crippen LogP contribution < -0.4 is 9.62 Å². The summed E-state index contributed by atoms with van der Waals surface area (Å²) in [5.41, 5.74) is 1.38. The first-order valence-corrected chi connectivity index (χ1v) is 10.3. The van der Waals surface area contributed by atoms with Gasteiger partial charge in [0.15, 0.2) is 0 Å². The third kappa shape index (κ3) is 4.74. The van der Waals surface area contributed by atoms with Gasteiger partial charge in [0.1, 0.15) is 12.3 Å². The molecule has 28 heavy (non-hydrogen) atoms. The lowest BCUT2D eigenvalue weighted by Crippen LogP contribution is -2.40. The Morgan fingerprint density at radius 3 is 2.36 bits per heavy atom. The summed E-state index contributed by atoms with van der Waals surface area (Å²) in [5.74, 6) is 0.130. The number of hydrogen-bond acceptors (Lipinski definition) is 4. The van der Waals surface area contributed by atoms with Crippen molar-refractivity contribution >= 4 is 33.2 Å². The number of carbonyl (C=O) groups excluding carboxylic acids is 1. The minimum atomic E-state index is -3.96. The van der Waals surface area contributed by atoms with Crippen molar-refractivity contribution in [1.29, 1.82) is 0 Å². The lowest BCUT2D eigenvalue weighted by molar-refractivity contribution is -0.119. The molecule has 0 unspecified atom stereocenters. The van der Waals surface area contributed by atoms with Crippen LogP contribution in [0.2, 0.25) is 5.02 Å². The number of rotatable bonds is 7. The Balaban J connectivity index is 1.87. The van der Waals surface area contributed by atoms with E-state index in [9.17, 15) is 13.2 Å². The van der Waals surface area contributed by atoms with E-state index in [2.05, 4.69) is 5.32 Å². The van der Waals surface area contributed by atoms with Gasteiger partial charge < -0.3 is 9.73 Å². The van der Waals surface area contributed by atoms with Crippen LogP contribution in [0.4, 0.5) is 5.69 Å². The molecule has 0 bridgehead atoms. The van der Waals surface area contributed by atoms with Crippen molar-refractivity contribution in [3.8, 4) is 0 Å². The molecule has 1 aromatic heterocycles. The third-order valence-corrected chi connectivity index (χ3v) is 6.09. The Hall–Kier alpha value is -2.77. The Labute approximate surface area is 168 Å². The van der Waals surface area contributed by atoms with Gasteiger partial charge in [-0.25, -0.2) is 8.42 Å². The molecule has 8 heteroatoms. The molecule has 0 aliphatic carbocycles. The maximum Gasteiger partial charge on any atom is 0.264 e. The number of amides is 1. The molecule has 3 rings (SSSR count). The normalized spacial score (nSPS) is 11.2. The van der Waals surface area contributed by atoms with Crippen LogP contribution >= 0.6 is 11.6 Å². The number of benzene rings is 2. The number of aryl methyl sites for hydroxylation is 1. The minimum absolute atomic E-state index is 0.0521. The first-order chi connectivity index (χ1) is 13.4. The summed E-state index contributed by atoms with van der Waals surface area (Å²) in [5, 5.41) is 3.10. The number of carbonyl (C=O) groups is 1. The first kappa shape index (κ1) is 20.0. The predicted octanol–water partition coefficient (Wildman–Crippen LogP) is 3.75. The second kappa shape index (κ2) is 8.50. The van der Waals surface area contributed by atoms with Crippen LogP contribution in [0.3, 0.4) is 0 Å². The molecule has 146 valence electrons. The highest BCUT2D eigenvalue weighted by Gasteiger charge is 2.27. The lowest BCUT2D eigenvalue weighted by Gasteiger charge is -2.24. The fourth-order valence-electron chi connectivity index (χ4n) is 2.55. The van der Waals surface area contributed by atoms with Gasteiger partial charge in [-0.05, 0) is 55.5 Å². The summed E-state index contributed by atoms with van der Waals surface area (Å²) < 4.78 is 32.6. The molecule has 1 heterocycles. The summed E-state index contributed by atoms with van der Waals surface area (Å²) in [6.07, 6.45) is 1.51. The molecule has 0 fully saturated rings. The molecule has 1 N–H and O–H groups in total. The van der Waals surface area contributed by atoms with Crippen LogP contribution in [-0.4, -0.2) is 20.9 Å². The molecule has 2 aromatic carbocycles. The molecular formula is C20H19ClN2O4S. The number of hydrogen-bond donors (Lipinski definition) is 1. The molecule has 6 nitrogen and oxygen atoms in total. The second-order valence-corrected chi connectivity index (χ2v) is 8.46. The van der Waals surface area contributed by atoms with Gasteiger partial charge in [-0.3, -0.25) is 9.10 Å². The van der Waals surface area contributed by atoms with Gasteiger partial charge >= 0.3 is 0 Å². The van der Waals surface area contributed by atoms with Crippen molar-refractivity contribution < 1.29 is 17.6 Å². The first-order valence-electron chi connectivity index (χ1n) is 8.50. The summed E-state index contributed by atoms with van der Waals surface area (Å²) in [4.78, 5) is 12.5. The highest BCUT2D eigenvalue weighted by molar-refractivity contribution is 7.92. The van der Waals surface area contributed by atoms with Gasteiger partial charge in [0, 0.05) is 5.02 Å². The van der Waals surface area contributed by atoms with E-state index < -0.39 is 15.9 Å². The van der Waals surface area contributed by atoms with Gasteiger partial charge in [0.2, 0.25) is 5.91 Å². The van der Waals surface area contributed by atoms with Crippen LogP contribution in [0.15, 0.2) is 76.2 Å². The van der Waals surface area contributed by atoms with E-state index in [-0.39, 0.29) is 18.0 Å². The molecule has 3 aromatic rings. The van der Waals surface area contributed by atoms with Crippen molar-refractivity contribution in [2.75, 3.05) is 10.8 Å². The van der Waals surface area contributed by atoms with E-state index >= 15 is 0 Å². The van der Waals surface area contributed by atoms with E-state index in [1.165, 1.54) is 30.5 Å². The molecular weight excluding hydrogens is 400 g/mol. The zero-order valence-corrected chi connectivity index (χ0v) is 16.7. The Kier molecular flexibility index (Phi) is 6.06. The largest absolute Gasteiger partial charge is 0.467 e. The topological polar surface area (TPSA) is 79.6 Å². The average molecular weight is 419 g/mol. The lowest BCUT2D eigenvalue weighted by atomic mass is 10.2. The monoisotopic (exact) mass is 418 g/mol. The molecule has 0 saturated heterocycles. The SMILES string of the molecule is Cc1ccc(N(CC(=O)NCc2ccco2)S(=O)(=O)c2ccc(Cl)cc2)cc1. The van der Waals surface area contributed by atoms with E-state index in [1.807, 2.05) is 6.92 Å². The molecule has 0 aliphatic rings. The Morgan fingerprint density at radius 1 is 1.07 bits per heavy atom. The molecule has 1 amide bonds. The zero-order chi connectivity index (χ0) is 20.1. The highest BCUT2D eigenvalue weighted by atomic mass is 35.5. The van der Waals surface area contributed by atoms with E-state index in [0.717, 1.165) is 9.87 Å². The quantitative estimate of drug-likeness (QED) is 0.633. The molecule has 0 radical (unpaired) electrons. The number of halogens is 1. The van der Waals surface area contributed by atoms with E-state index in [4.69, 9.17) is 16.0 Å². The highest BCUT2D eigenvalue weighted by Crippen LogP contribution is 2.25. The van der Waals surface area contributed by atoms with Crippen molar-refractivity contribution in [3.05, 3.63) is 83.3 Å². The minimum Gasteiger partial charge on any atom is -0.467 e. The Morgan fingerprint density at radius 2 is 1.75 bits per heavy atom. The maximum absolute atomic E-state index is 13.2. The van der Waals surface area contributed by atoms with Crippen molar-refractivity contribution in [3.63, 3.8) is 0 Å². The standard InChI is InChI=1S/C20H19ClN2O4S/c1-15-4-8-17(9-5-15)23(14-20(24)22-13-18-3-2-12-27-18)28(25,26)19-10-6-16(21)7-11-19/h2-12H,13-14H2,1H3,(H,22,24). The molecule has 0 spiro atoms. The molecule has 0 saturated carbocycles. The van der Waals surface area contributed by atoms with E-state index in [1.54, 1.807) is 36.4 Å². The van der Waals surface area contributed by atoms with Gasteiger partial charge in [0.05, 0.1) is 23.4 Å². The number of sulfonamides is 1. The van der Waals surface area contributed by atoms with Crippen LogP contribution in [0, 0.1) is 6.92 Å². The predicted molar refractivity (Wildman–Crippen MR) is 108 cm³/mol. The van der Waals surface area contributed by atoms with Crippen LogP contribution in [0.5, 0.6) is 0 Å². The van der Waals surface area contributed by atoms with Crippen molar-refractivity contribution in [1.82, 2.24) is 5.32 Å². The number of nitrogens with zero attached hydrogens (tertiary/aromatic N) is 1. The zero-order valence-electron chi connectivity index (χ0n) is 15.1. The van der Waals surface area contributed by atoms with Crippen molar-refractivity contribution in [2.45, 2.75) is 18.4 Å². The van der Waals surface area contributed by atoms with Crippen molar-refractivity contribution in [2.24, 2.45) is 0 Å². The second-order valence-electron chi connectivity index (χ2n) is 6.16. The smallest absolute Gasteiger partial charge is 0.264 e. The van der Waals surface area contributed by atoms with Gasteiger partial charge in [-0.1, -0.05) is 29.3 Å². The molecule has 0 atom stereocenters. The van der Waals surface area contributed by atoms with E-state index in [0.29, 0.717) is 16.5 Å². The summed E-state index contributed by atoms with van der Waals surface area (Å²) in [6, 6.07) is 16.2.